The van der Waals surface area contributed by atoms with Gasteiger partial charge in [-0.05, 0) is 17.7 Å². The van der Waals surface area contributed by atoms with Gasteiger partial charge in [-0.25, -0.2) is 0 Å². The molecule has 0 saturated carbocycles. The molecule has 1 aromatic rings. The number of carbonyl (C=O) groups excluding carboxylic acids is 2. The van der Waals surface area contributed by atoms with Crippen molar-refractivity contribution in [3.63, 3.8) is 0 Å². The summed E-state index contributed by atoms with van der Waals surface area (Å²) in [5.74, 6) is -0.705. The van der Waals surface area contributed by atoms with Crippen molar-refractivity contribution in [3.05, 3.63) is 29.8 Å². The van der Waals surface area contributed by atoms with Gasteiger partial charge in [-0.1, -0.05) is 12.1 Å². The van der Waals surface area contributed by atoms with Gasteiger partial charge in [-0.3, -0.25) is 14.9 Å². The van der Waals surface area contributed by atoms with Crippen LogP contribution >= 0.6 is 0 Å². The van der Waals surface area contributed by atoms with Gasteiger partial charge < -0.3 is 5.32 Å². The smallest absolute Gasteiger partial charge is 0.234 e. The number of hydrogen-bond acceptors (Lipinski definition) is 3. The predicted molar refractivity (Wildman–Crippen MR) is 56.5 cm³/mol. The molecule has 0 aromatic heterocycles. The van der Waals surface area contributed by atoms with E-state index < -0.39 is 0 Å². The van der Waals surface area contributed by atoms with E-state index in [1.807, 2.05) is 31.3 Å². The van der Waals surface area contributed by atoms with Crippen molar-refractivity contribution in [3.8, 4) is 0 Å². The normalized spacial score (nSPS) is 20.2. The highest BCUT2D eigenvalue weighted by Crippen LogP contribution is 2.25. The summed E-state index contributed by atoms with van der Waals surface area (Å²) in [6.07, 6.45) is 0.262. The molecule has 4 nitrogen and oxygen atoms in total. The van der Waals surface area contributed by atoms with Crippen LogP contribution in [0.1, 0.15) is 17.9 Å². The van der Waals surface area contributed by atoms with Crippen LogP contribution in [0.5, 0.6) is 0 Å². The molecule has 0 bridgehead atoms. The molecule has 1 atom stereocenters. The molecule has 1 heterocycles. The summed E-state index contributed by atoms with van der Waals surface area (Å²) in [5.41, 5.74) is 1.88. The second kappa shape index (κ2) is 3.73. The van der Waals surface area contributed by atoms with Crippen molar-refractivity contribution in [2.24, 2.45) is 0 Å². The number of imide groups is 1. The molecule has 2 rings (SSSR count). The van der Waals surface area contributed by atoms with Gasteiger partial charge in [-0.15, -0.1) is 0 Å². The number of benzene rings is 1. The molecule has 1 aliphatic rings. The molecule has 1 unspecified atom stereocenters. The number of hydrogen-bond donors (Lipinski definition) is 2. The maximum atomic E-state index is 11.4. The summed E-state index contributed by atoms with van der Waals surface area (Å²) >= 11 is 0. The molecule has 1 saturated heterocycles. The molecular weight excluding hydrogens is 192 g/mol. The Labute approximate surface area is 87.7 Å². The van der Waals surface area contributed by atoms with Gasteiger partial charge in [0.1, 0.15) is 0 Å². The quantitative estimate of drug-likeness (QED) is 0.702. The molecule has 1 aromatic carbocycles. The zero-order chi connectivity index (χ0) is 10.8. The fourth-order valence-electron chi connectivity index (χ4n) is 1.70. The third-order valence-corrected chi connectivity index (χ3v) is 2.57. The lowest BCUT2D eigenvalue weighted by Crippen LogP contribution is -2.21. The fraction of sp³-hybridized carbons (Fsp3) is 0.273. The molecule has 15 heavy (non-hydrogen) atoms. The van der Waals surface area contributed by atoms with Crippen LogP contribution in [0.4, 0.5) is 5.69 Å². The van der Waals surface area contributed by atoms with Crippen LogP contribution < -0.4 is 10.6 Å². The minimum atomic E-state index is -0.316. The largest absolute Gasteiger partial charge is 0.388 e. The summed E-state index contributed by atoms with van der Waals surface area (Å²) in [4.78, 5) is 22.4. The molecular formula is C11H12N2O2. The van der Waals surface area contributed by atoms with E-state index in [1.165, 1.54) is 0 Å². The van der Waals surface area contributed by atoms with E-state index in [4.69, 9.17) is 0 Å². The molecule has 78 valence electrons. The minimum Gasteiger partial charge on any atom is -0.388 e. The summed E-state index contributed by atoms with van der Waals surface area (Å²) in [6.45, 7) is 0. The highest BCUT2D eigenvalue weighted by atomic mass is 16.2. The van der Waals surface area contributed by atoms with E-state index in [-0.39, 0.29) is 24.2 Å². The molecule has 0 spiro atoms. The Kier molecular flexibility index (Phi) is 2.41. The van der Waals surface area contributed by atoms with Crippen molar-refractivity contribution in [2.45, 2.75) is 12.3 Å². The average molecular weight is 204 g/mol. The van der Waals surface area contributed by atoms with Crippen LogP contribution in [-0.2, 0) is 9.59 Å². The fourth-order valence-corrected chi connectivity index (χ4v) is 1.70. The first-order chi connectivity index (χ1) is 7.20. The summed E-state index contributed by atoms with van der Waals surface area (Å²) < 4.78 is 0. The van der Waals surface area contributed by atoms with E-state index in [0.29, 0.717) is 0 Å². The van der Waals surface area contributed by atoms with Crippen LogP contribution in [0.3, 0.4) is 0 Å². The third-order valence-electron chi connectivity index (χ3n) is 2.57. The average Bonchev–Trinajstić information content (AvgIpc) is 2.58. The van der Waals surface area contributed by atoms with Gasteiger partial charge in [0.25, 0.3) is 0 Å². The Bertz CT molecular complexity index is 398. The zero-order valence-corrected chi connectivity index (χ0v) is 8.41. The molecule has 1 aliphatic heterocycles. The minimum absolute atomic E-state index is 0.192. The number of nitrogens with one attached hydrogen (secondary N) is 2. The number of anilines is 1. The van der Waals surface area contributed by atoms with Crippen LogP contribution in [0.25, 0.3) is 0 Å². The maximum absolute atomic E-state index is 11.4. The van der Waals surface area contributed by atoms with Gasteiger partial charge in [0.2, 0.25) is 11.8 Å². The molecule has 2 amide bonds. The predicted octanol–water partition coefficient (Wildman–Crippen LogP) is 0.858. The van der Waals surface area contributed by atoms with Crippen molar-refractivity contribution >= 4 is 17.5 Å². The van der Waals surface area contributed by atoms with Gasteiger partial charge >= 0.3 is 0 Å². The van der Waals surface area contributed by atoms with E-state index in [9.17, 15) is 9.59 Å². The maximum Gasteiger partial charge on any atom is 0.234 e. The number of carbonyl (C=O) groups is 2. The lowest BCUT2D eigenvalue weighted by atomic mass is 9.97. The Hall–Kier alpha value is -1.84. The van der Waals surface area contributed by atoms with E-state index in [1.54, 1.807) is 0 Å². The van der Waals surface area contributed by atoms with E-state index >= 15 is 0 Å². The monoisotopic (exact) mass is 204 g/mol. The van der Waals surface area contributed by atoms with Gasteiger partial charge in [0.05, 0.1) is 5.92 Å². The van der Waals surface area contributed by atoms with E-state index in [2.05, 4.69) is 10.6 Å². The summed E-state index contributed by atoms with van der Waals surface area (Å²) in [6, 6.07) is 7.53. The van der Waals surface area contributed by atoms with Crippen molar-refractivity contribution in [1.29, 1.82) is 0 Å². The lowest BCUT2D eigenvalue weighted by Gasteiger charge is -2.07. The number of rotatable bonds is 2. The van der Waals surface area contributed by atoms with E-state index in [0.717, 1.165) is 11.3 Å². The highest BCUT2D eigenvalue weighted by molar-refractivity contribution is 6.06. The Morgan fingerprint density at radius 1 is 1.27 bits per heavy atom. The third kappa shape index (κ3) is 1.83. The van der Waals surface area contributed by atoms with Crippen LogP contribution in [0.2, 0.25) is 0 Å². The zero-order valence-electron chi connectivity index (χ0n) is 8.41. The standard InChI is InChI=1S/C11H12N2O2/c1-12-8-4-2-7(3-5-8)9-6-10(14)13-11(9)15/h2-5,9,12H,6H2,1H3,(H,13,14,15). The van der Waals surface area contributed by atoms with Crippen molar-refractivity contribution in [2.75, 3.05) is 12.4 Å². The molecule has 0 radical (unpaired) electrons. The Balaban J connectivity index is 2.22. The van der Waals surface area contributed by atoms with Crippen LogP contribution in [0.15, 0.2) is 24.3 Å². The first-order valence-corrected chi connectivity index (χ1v) is 4.82. The van der Waals surface area contributed by atoms with Crippen LogP contribution in [0, 0.1) is 0 Å². The topological polar surface area (TPSA) is 58.2 Å². The second-order valence-electron chi connectivity index (χ2n) is 3.54. The van der Waals surface area contributed by atoms with Crippen LogP contribution in [-0.4, -0.2) is 18.9 Å². The molecule has 2 N–H and O–H groups in total. The lowest BCUT2D eigenvalue weighted by molar-refractivity contribution is -0.125. The molecule has 4 heteroatoms. The SMILES string of the molecule is CNc1ccc(C2CC(=O)NC2=O)cc1. The molecule has 0 aliphatic carbocycles. The summed E-state index contributed by atoms with van der Waals surface area (Å²) in [7, 11) is 1.83. The van der Waals surface area contributed by atoms with Crippen molar-refractivity contribution in [1.82, 2.24) is 5.32 Å². The highest BCUT2D eigenvalue weighted by Gasteiger charge is 2.31. The molecule has 1 fully saturated rings. The van der Waals surface area contributed by atoms with Gasteiger partial charge in [0.15, 0.2) is 0 Å². The van der Waals surface area contributed by atoms with Gasteiger partial charge in [0, 0.05) is 19.2 Å². The first-order valence-electron chi connectivity index (χ1n) is 4.82. The second-order valence-corrected chi connectivity index (χ2v) is 3.54. The summed E-state index contributed by atoms with van der Waals surface area (Å²) in [5, 5.41) is 5.30. The number of amides is 2. The van der Waals surface area contributed by atoms with Crippen molar-refractivity contribution < 1.29 is 9.59 Å². The Morgan fingerprint density at radius 3 is 2.40 bits per heavy atom. The first kappa shape index (κ1) is 9.71. The van der Waals surface area contributed by atoms with Gasteiger partial charge in [-0.2, -0.15) is 0 Å². The Morgan fingerprint density at radius 2 is 1.93 bits per heavy atom.